The van der Waals surface area contributed by atoms with Gasteiger partial charge < -0.3 is 15.8 Å². The summed E-state index contributed by atoms with van der Waals surface area (Å²) in [5.74, 6) is -0.409. The van der Waals surface area contributed by atoms with Gasteiger partial charge in [-0.3, -0.25) is 4.79 Å². The Morgan fingerprint density at radius 3 is 2.57 bits per heavy atom. The highest BCUT2D eigenvalue weighted by Crippen LogP contribution is 2.14. The van der Waals surface area contributed by atoms with Crippen LogP contribution in [0.25, 0.3) is 0 Å². The minimum absolute atomic E-state index is 0.103. The predicted molar refractivity (Wildman–Crippen MR) is 76.7 cm³/mol. The van der Waals surface area contributed by atoms with Gasteiger partial charge >= 0.3 is 5.97 Å². The number of esters is 1. The van der Waals surface area contributed by atoms with E-state index in [0.717, 1.165) is 0 Å². The number of hydrogen-bond donors (Lipinski definition) is 2. The standard InChI is InChI=1S/C13H23N5O3/c1-8(2)7-15-12(19)9(3)18-10(5-6-14)11(16-17-18)13(20)21-4/h8-9H,5-7,14H2,1-4H3,(H,15,19). The van der Waals surface area contributed by atoms with Crippen LogP contribution in [0.5, 0.6) is 0 Å². The molecule has 0 aliphatic rings. The number of hydrogen-bond acceptors (Lipinski definition) is 6. The number of amides is 1. The molecule has 8 nitrogen and oxygen atoms in total. The zero-order valence-electron chi connectivity index (χ0n) is 12.9. The Balaban J connectivity index is 2.98. The Labute approximate surface area is 124 Å². The molecule has 0 aliphatic carbocycles. The van der Waals surface area contributed by atoms with Crippen molar-refractivity contribution in [2.45, 2.75) is 33.2 Å². The van der Waals surface area contributed by atoms with Gasteiger partial charge in [0.05, 0.1) is 12.8 Å². The van der Waals surface area contributed by atoms with Gasteiger partial charge in [0.15, 0.2) is 5.69 Å². The number of rotatable bonds is 7. The van der Waals surface area contributed by atoms with Crippen LogP contribution in [0.15, 0.2) is 0 Å². The number of nitrogens with zero attached hydrogens (tertiary/aromatic N) is 3. The van der Waals surface area contributed by atoms with Crippen LogP contribution < -0.4 is 11.1 Å². The molecule has 0 aromatic carbocycles. The van der Waals surface area contributed by atoms with E-state index < -0.39 is 12.0 Å². The molecule has 1 atom stereocenters. The largest absolute Gasteiger partial charge is 0.464 e. The molecular formula is C13H23N5O3. The fourth-order valence-electron chi connectivity index (χ4n) is 1.81. The highest BCUT2D eigenvalue weighted by molar-refractivity contribution is 5.88. The van der Waals surface area contributed by atoms with Gasteiger partial charge in [0.2, 0.25) is 5.91 Å². The zero-order valence-corrected chi connectivity index (χ0v) is 12.9. The van der Waals surface area contributed by atoms with Crippen molar-refractivity contribution in [3.63, 3.8) is 0 Å². The van der Waals surface area contributed by atoms with Crippen molar-refractivity contribution in [3.8, 4) is 0 Å². The summed E-state index contributed by atoms with van der Waals surface area (Å²) in [6.07, 6.45) is 0.388. The summed E-state index contributed by atoms with van der Waals surface area (Å²) in [7, 11) is 1.27. The summed E-state index contributed by atoms with van der Waals surface area (Å²) >= 11 is 0. The monoisotopic (exact) mass is 297 g/mol. The Bertz CT molecular complexity index is 498. The average Bonchev–Trinajstić information content (AvgIpc) is 2.87. The molecule has 0 radical (unpaired) electrons. The summed E-state index contributed by atoms with van der Waals surface area (Å²) in [5, 5.41) is 10.5. The topological polar surface area (TPSA) is 112 Å². The number of ether oxygens (including phenoxy) is 1. The van der Waals surface area contributed by atoms with Gasteiger partial charge in [-0.1, -0.05) is 19.1 Å². The first-order valence-corrected chi connectivity index (χ1v) is 6.92. The lowest BCUT2D eigenvalue weighted by Crippen LogP contribution is -2.34. The third-order valence-corrected chi connectivity index (χ3v) is 2.98. The highest BCUT2D eigenvalue weighted by Gasteiger charge is 2.25. The summed E-state index contributed by atoms with van der Waals surface area (Å²) < 4.78 is 6.09. The van der Waals surface area contributed by atoms with Gasteiger partial charge in [0.25, 0.3) is 0 Å². The van der Waals surface area contributed by atoms with E-state index in [-0.39, 0.29) is 11.6 Å². The molecule has 118 valence electrons. The van der Waals surface area contributed by atoms with E-state index in [1.54, 1.807) is 6.92 Å². The van der Waals surface area contributed by atoms with E-state index in [0.29, 0.717) is 31.1 Å². The van der Waals surface area contributed by atoms with E-state index in [2.05, 4.69) is 20.4 Å². The second-order valence-corrected chi connectivity index (χ2v) is 5.17. The number of carbonyl (C=O) groups is 2. The van der Waals surface area contributed by atoms with Crippen molar-refractivity contribution in [1.29, 1.82) is 0 Å². The van der Waals surface area contributed by atoms with Crippen LogP contribution in [0.4, 0.5) is 0 Å². The number of carbonyl (C=O) groups excluding carboxylic acids is 2. The van der Waals surface area contributed by atoms with Crippen molar-refractivity contribution < 1.29 is 14.3 Å². The van der Waals surface area contributed by atoms with Gasteiger partial charge in [0, 0.05) is 13.0 Å². The molecule has 0 bridgehead atoms. The molecule has 3 N–H and O–H groups in total. The molecule has 1 unspecified atom stereocenters. The Morgan fingerprint density at radius 1 is 1.38 bits per heavy atom. The SMILES string of the molecule is COC(=O)c1nnn(C(C)C(=O)NCC(C)C)c1CCN. The Morgan fingerprint density at radius 2 is 2.05 bits per heavy atom. The molecule has 8 heteroatoms. The molecule has 1 amide bonds. The van der Waals surface area contributed by atoms with Gasteiger partial charge in [-0.25, -0.2) is 9.48 Å². The predicted octanol–water partition coefficient (Wildman–Crippen LogP) is -0.101. The van der Waals surface area contributed by atoms with Crippen molar-refractivity contribution >= 4 is 11.9 Å². The molecule has 0 aliphatic heterocycles. The lowest BCUT2D eigenvalue weighted by molar-refractivity contribution is -0.124. The third-order valence-electron chi connectivity index (χ3n) is 2.98. The maximum absolute atomic E-state index is 12.1. The summed E-state index contributed by atoms with van der Waals surface area (Å²) in [6, 6.07) is -0.573. The molecular weight excluding hydrogens is 274 g/mol. The summed E-state index contributed by atoms with van der Waals surface area (Å²) in [5.41, 5.74) is 6.17. The van der Waals surface area contributed by atoms with Crippen LogP contribution >= 0.6 is 0 Å². The van der Waals surface area contributed by atoms with Crippen LogP contribution in [0.1, 0.15) is 43.0 Å². The molecule has 0 spiro atoms. The minimum Gasteiger partial charge on any atom is -0.464 e. The molecule has 21 heavy (non-hydrogen) atoms. The van der Waals surface area contributed by atoms with Crippen LogP contribution in [0.3, 0.4) is 0 Å². The molecule has 1 rings (SSSR count). The Kier molecular flexibility index (Phi) is 6.29. The van der Waals surface area contributed by atoms with E-state index in [1.807, 2.05) is 13.8 Å². The second kappa shape index (κ2) is 7.72. The number of nitrogens with two attached hydrogens (primary N) is 1. The van der Waals surface area contributed by atoms with E-state index in [1.165, 1.54) is 11.8 Å². The first-order chi connectivity index (χ1) is 9.92. The molecule has 0 saturated heterocycles. The molecule has 0 fully saturated rings. The van der Waals surface area contributed by atoms with Crippen molar-refractivity contribution in [2.24, 2.45) is 11.7 Å². The third kappa shape index (κ3) is 4.25. The lowest BCUT2D eigenvalue weighted by atomic mass is 10.2. The van der Waals surface area contributed by atoms with E-state index >= 15 is 0 Å². The molecule has 1 aromatic heterocycles. The highest BCUT2D eigenvalue weighted by atomic mass is 16.5. The normalized spacial score (nSPS) is 12.3. The van der Waals surface area contributed by atoms with Crippen molar-refractivity contribution in [1.82, 2.24) is 20.3 Å². The maximum atomic E-state index is 12.1. The summed E-state index contributed by atoms with van der Waals surface area (Å²) in [6.45, 7) is 6.61. The minimum atomic E-state index is -0.584. The van der Waals surface area contributed by atoms with Crippen molar-refractivity contribution in [3.05, 3.63) is 11.4 Å². The maximum Gasteiger partial charge on any atom is 0.360 e. The van der Waals surface area contributed by atoms with E-state index in [9.17, 15) is 9.59 Å². The molecule has 1 aromatic rings. The average molecular weight is 297 g/mol. The first kappa shape index (κ1) is 17.1. The fraction of sp³-hybridized carbons (Fsp3) is 0.692. The smallest absolute Gasteiger partial charge is 0.360 e. The van der Waals surface area contributed by atoms with Gasteiger partial charge in [0.1, 0.15) is 6.04 Å². The van der Waals surface area contributed by atoms with Gasteiger partial charge in [-0.05, 0) is 19.4 Å². The number of methoxy groups -OCH3 is 1. The van der Waals surface area contributed by atoms with Crippen LogP contribution in [0.2, 0.25) is 0 Å². The zero-order chi connectivity index (χ0) is 16.0. The van der Waals surface area contributed by atoms with Gasteiger partial charge in [-0.2, -0.15) is 0 Å². The Hall–Kier alpha value is -1.96. The van der Waals surface area contributed by atoms with E-state index in [4.69, 9.17) is 5.73 Å². The van der Waals surface area contributed by atoms with Gasteiger partial charge in [-0.15, -0.1) is 5.10 Å². The number of aromatic nitrogens is 3. The lowest BCUT2D eigenvalue weighted by Gasteiger charge is -2.15. The first-order valence-electron chi connectivity index (χ1n) is 6.92. The van der Waals surface area contributed by atoms with Crippen LogP contribution in [0, 0.1) is 5.92 Å². The number of nitrogens with one attached hydrogen (secondary N) is 1. The van der Waals surface area contributed by atoms with Crippen LogP contribution in [-0.2, 0) is 16.0 Å². The quantitative estimate of drug-likeness (QED) is 0.680. The fourth-order valence-corrected chi connectivity index (χ4v) is 1.81. The molecule has 1 heterocycles. The van der Waals surface area contributed by atoms with Crippen molar-refractivity contribution in [2.75, 3.05) is 20.2 Å². The summed E-state index contributed by atoms with van der Waals surface area (Å²) in [4.78, 5) is 23.8. The second-order valence-electron chi connectivity index (χ2n) is 5.17. The van der Waals surface area contributed by atoms with Crippen LogP contribution in [-0.4, -0.2) is 47.1 Å². The molecule has 0 saturated carbocycles.